The van der Waals surface area contributed by atoms with E-state index in [1.807, 2.05) is 6.07 Å². The first kappa shape index (κ1) is 16.6. The van der Waals surface area contributed by atoms with Crippen LogP contribution in [-0.2, 0) is 7.05 Å². The zero-order valence-electron chi connectivity index (χ0n) is 14.4. The highest BCUT2D eigenvalue weighted by atomic mass is 16.5. The average Bonchev–Trinajstić information content (AvgIpc) is 3.19. The monoisotopic (exact) mass is 342 g/mol. The molecule has 0 radical (unpaired) electrons. The van der Waals surface area contributed by atoms with E-state index < -0.39 is 0 Å². The summed E-state index contributed by atoms with van der Waals surface area (Å²) in [5.41, 5.74) is 1.74. The first-order valence-corrected chi connectivity index (χ1v) is 7.53. The van der Waals surface area contributed by atoms with Crippen molar-refractivity contribution < 1.29 is 18.8 Å². The second kappa shape index (κ2) is 6.68. The van der Waals surface area contributed by atoms with E-state index in [9.17, 15) is 4.79 Å². The fourth-order valence-corrected chi connectivity index (χ4v) is 2.45. The summed E-state index contributed by atoms with van der Waals surface area (Å²) in [7, 11) is 4.93. The maximum absolute atomic E-state index is 12.4. The number of carbonyl (C=O) groups is 1. The largest absolute Gasteiger partial charge is 0.497 e. The van der Waals surface area contributed by atoms with E-state index in [1.54, 1.807) is 57.1 Å². The van der Waals surface area contributed by atoms with Crippen molar-refractivity contribution in [3.63, 3.8) is 0 Å². The Morgan fingerprint density at radius 3 is 2.64 bits per heavy atom. The smallest absolute Gasteiger partial charge is 0.277 e. The Morgan fingerprint density at radius 1 is 1.20 bits per heavy atom. The molecule has 3 rings (SSSR count). The maximum Gasteiger partial charge on any atom is 0.277 e. The zero-order valence-corrected chi connectivity index (χ0v) is 14.4. The van der Waals surface area contributed by atoms with E-state index in [0.717, 1.165) is 11.3 Å². The SMILES string of the molecule is COc1ccc(OC)c(-c2cc(C(=O)Nc3cc(C)on3)nn2C)c1. The Balaban J connectivity index is 1.93. The summed E-state index contributed by atoms with van der Waals surface area (Å²) in [6.07, 6.45) is 0. The van der Waals surface area contributed by atoms with Gasteiger partial charge >= 0.3 is 0 Å². The van der Waals surface area contributed by atoms with E-state index in [4.69, 9.17) is 14.0 Å². The van der Waals surface area contributed by atoms with Crippen LogP contribution >= 0.6 is 0 Å². The molecule has 3 aromatic rings. The summed E-state index contributed by atoms with van der Waals surface area (Å²) in [4.78, 5) is 12.4. The molecule has 0 saturated heterocycles. The zero-order chi connectivity index (χ0) is 18.0. The molecule has 2 aromatic heterocycles. The minimum Gasteiger partial charge on any atom is -0.497 e. The van der Waals surface area contributed by atoms with Crippen molar-refractivity contribution in [1.29, 1.82) is 0 Å². The average molecular weight is 342 g/mol. The quantitative estimate of drug-likeness (QED) is 0.766. The standard InChI is InChI=1S/C17H18N4O4/c1-10-7-16(20-25-10)18-17(22)13-9-14(21(2)19-13)12-8-11(23-3)5-6-15(12)24-4/h5-9H,1-4H3,(H,18,20,22). The van der Waals surface area contributed by atoms with Crippen LogP contribution in [-0.4, -0.2) is 35.1 Å². The molecule has 8 nitrogen and oxygen atoms in total. The van der Waals surface area contributed by atoms with Gasteiger partial charge in [-0.05, 0) is 31.2 Å². The van der Waals surface area contributed by atoms with Gasteiger partial charge in [0, 0.05) is 18.7 Å². The van der Waals surface area contributed by atoms with Gasteiger partial charge in [0.2, 0.25) is 0 Å². The van der Waals surface area contributed by atoms with Gasteiger partial charge in [-0.25, -0.2) is 0 Å². The summed E-state index contributed by atoms with van der Waals surface area (Å²) in [6, 6.07) is 8.75. The molecule has 1 aromatic carbocycles. The number of hydrogen-bond acceptors (Lipinski definition) is 6. The van der Waals surface area contributed by atoms with E-state index in [1.165, 1.54) is 0 Å². The van der Waals surface area contributed by atoms with Crippen molar-refractivity contribution in [3.8, 4) is 22.8 Å². The van der Waals surface area contributed by atoms with Crippen LogP contribution in [0.15, 0.2) is 34.9 Å². The van der Waals surface area contributed by atoms with Crippen LogP contribution in [0, 0.1) is 6.92 Å². The highest BCUT2D eigenvalue weighted by Crippen LogP contribution is 2.33. The first-order chi connectivity index (χ1) is 12.0. The summed E-state index contributed by atoms with van der Waals surface area (Å²) in [6.45, 7) is 1.75. The number of aromatic nitrogens is 3. The summed E-state index contributed by atoms with van der Waals surface area (Å²) in [5.74, 6) is 1.91. The Kier molecular flexibility index (Phi) is 4.42. The van der Waals surface area contributed by atoms with Crippen molar-refractivity contribution in [2.45, 2.75) is 6.92 Å². The number of aryl methyl sites for hydroxylation is 2. The first-order valence-electron chi connectivity index (χ1n) is 7.53. The number of benzene rings is 1. The van der Waals surface area contributed by atoms with Crippen molar-refractivity contribution >= 4 is 11.7 Å². The van der Waals surface area contributed by atoms with Crippen LogP contribution in [0.3, 0.4) is 0 Å². The third kappa shape index (κ3) is 3.32. The fourth-order valence-electron chi connectivity index (χ4n) is 2.45. The van der Waals surface area contributed by atoms with Crippen LogP contribution in [0.2, 0.25) is 0 Å². The van der Waals surface area contributed by atoms with Gasteiger partial charge in [-0.2, -0.15) is 5.10 Å². The molecule has 0 bridgehead atoms. The predicted molar refractivity (Wildman–Crippen MR) is 90.9 cm³/mol. The number of amides is 1. The number of hydrogen-bond donors (Lipinski definition) is 1. The summed E-state index contributed by atoms with van der Waals surface area (Å²) in [5, 5.41) is 10.7. The van der Waals surface area contributed by atoms with Crippen LogP contribution in [0.1, 0.15) is 16.2 Å². The third-order valence-electron chi connectivity index (χ3n) is 3.66. The molecule has 1 amide bonds. The van der Waals surface area contributed by atoms with Gasteiger partial charge in [0.15, 0.2) is 11.5 Å². The Hall–Kier alpha value is -3.29. The molecular weight excluding hydrogens is 324 g/mol. The van der Waals surface area contributed by atoms with Crippen LogP contribution in [0.4, 0.5) is 5.82 Å². The van der Waals surface area contributed by atoms with Gasteiger partial charge < -0.3 is 19.3 Å². The van der Waals surface area contributed by atoms with Gasteiger partial charge in [0.1, 0.15) is 17.3 Å². The molecule has 25 heavy (non-hydrogen) atoms. The minimum atomic E-state index is -0.378. The summed E-state index contributed by atoms with van der Waals surface area (Å²) < 4.78 is 17.2. The molecule has 1 N–H and O–H groups in total. The topological polar surface area (TPSA) is 91.4 Å². The summed E-state index contributed by atoms with van der Waals surface area (Å²) >= 11 is 0. The van der Waals surface area contributed by atoms with E-state index >= 15 is 0 Å². The normalized spacial score (nSPS) is 10.6. The number of nitrogens with one attached hydrogen (secondary N) is 1. The van der Waals surface area contributed by atoms with Gasteiger partial charge in [-0.1, -0.05) is 5.16 Å². The van der Waals surface area contributed by atoms with E-state index in [0.29, 0.717) is 23.1 Å². The lowest BCUT2D eigenvalue weighted by Gasteiger charge is -2.10. The fraction of sp³-hybridized carbons (Fsp3) is 0.235. The molecule has 8 heteroatoms. The van der Waals surface area contributed by atoms with Gasteiger partial charge in [0.25, 0.3) is 5.91 Å². The van der Waals surface area contributed by atoms with Gasteiger partial charge in [-0.3, -0.25) is 9.48 Å². The highest BCUT2D eigenvalue weighted by molar-refractivity contribution is 6.03. The molecule has 2 heterocycles. The number of nitrogens with zero attached hydrogens (tertiary/aromatic N) is 3. The number of rotatable bonds is 5. The molecule has 0 saturated carbocycles. The minimum absolute atomic E-state index is 0.253. The number of methoxy groups -OCH3 is 2. The van der Waals surface area contributed by atoms with Crippen LogP contribution in [0.5, 0.6) is 11.5 Å². The number of carbonyl (C=O) groups excluding carboxylic acids is 1. The number of ether oxygens (including phenoxy) is 2. The molecule has 0 unspecified atom stereocenters. The molecule has 130 valence electrons. The molecule has 0 aliphatic carbocycles. The number of anilines is 1. The molecular formula is C17H18N4O4. The lowest BCUT2D eigenvalue weighted by atomic mass is 10.1. The lowest BCUT2D eigenvalue weighted by Crippen LogP contribution is -2.13. The third-order valence-corrected chi connectivity index (χ3v) is 3.66. The van der Waals surface area contributed by atoms with Crippen molar-refractivity contribution in [2.24, 2.45) is 7.05 Å². The highest BCUT2D eigenvalue weighted by Gasteiger charge is 2.18. The van der Waals surface area contributed by atoms with Gasteiger partial charge in [0.05, 0.1) is 19.9 Å². The van der Waals surface area contributed by atoms with Crippen molar-refractivity contribution in [3.05, 3.63) is 41.8 Å². The molecule has 0 spiro atoms. The maximum atomic E-state index is 12.4. The van der Waals surface area contributed by atoms with Crippen molar-refractivity contribution in [2.75, 3.05) is 19.5 Å². The molecule has 0 aliphatic rings. The van der Waals surface area contributed by atoms with E-state index in [-0.39, 0.29) is 11.6 Å². The predicted octanol–water partition coefficient (Wildman–Crippen LogP) is 2.65. The van der Waals surface area contributed by atoms with Gasteiger partial charge in [-0.15, -0.1) is 0 Å². The Bertz CT molecular complexity index is 913. The van der Waals surface area contributed by atoms with Crippen LogP contribution in [0.25, 0.3) is 11.3 Å². The molecule has 0 aliphatic heterocycles. The second-order valence-corrected chi connectivity index (χ2v) is 5.38. The molecule has 0 atom stereocenters. The Labute approximate surface area is 144 Å². The van der Waals surface area contributed by atoms with Crippen LogP contribution < -0.4 is 14.8 Å². The second-order valence-electron chi connectivity index (χ2n) is 5.38. The van der Waals surface area contributed by atoms with E-state index in [2.05, 4.69) is 15.6 Å². The molecule has 0 fully saturated rings. The van der Waals surface area contributed by atoms with Crippen molar-refractivity contribution in [1.82, 2.24) is 14.9 Å². The lowest BCUT2D eigenvalue weighted by molar-refractivity contribution is 0.102. The Morgan fingerprint density at radius 2 is 2.00 bits per heavy atom.